The fraction of sp³-hybridized carbons (Fsp3) is 0.0645. The van der Waals surface area contributed by atoms with Crippen LogP contribution >= 0.6 is 93.5 Å². The van der Waals surface area contributed by atoms with Gasteiger partial charge in [-0.1, -0.05) is 46.4 Å². The topological polar surface area (TPSA) is 488 Å². The molecule has 0 aromatic carbocycles. The van der Waals surface area contributed by atoms with E-state index in [2.05, 4.69) is 100 Å². The number of aromatic amines is 1. The minimum absolute atomic E-state index is 0. The van der Waals surface area contributed by atoms with Crippen molar-refractivity contribution in [3.63, 3.8) is 0 Å². The van der Waals surface area contributed by atoms with Crippen LogP contribution in [-0.2, 0) is 24.0 Å². The number of carbonyl (C=O) groups excluding carboxylic acids is 3. The second-order valence-corrected chi connectivity index (χ2v) is 12.9. The number of aromatic nitrogens is 14. The molecule has 0 bridgehead atoms. The van der Waals surface area contributed by atoms with E-state index in [9.17, 15) is 24.5 Å². The van der Waals surface area contributed by atoms with Crippen molar-refractivity contribution in [2.75, 3.05) is 48.9 Å². The van der Waals surface area contributed by atoms with Crippen LogP contribution in [0.3, 0.4) is 0 Å². The van der Waals surface area contributed by atoms with Gasteiger partial charge in [-0.15, -0.1) is 20.4 Å². The predicted octanol–water partition coefficient (Wildman–Crippen LogP) is -2.49. The maximum absolute atomic E-state index is 10.7. The number of hydrogen-bond donors (Lipinski definition) is 9. The smallest absolute Gasteiger partial charge is 1.00 e. The van der Waals surface area contributed by atoms with Gasteiger partial charge in [-0.05, 0) is 6.92 Å². The Bertz CT molecular complexity index is 2690. The first-order valence-electron chi connectivity index (χ1n) is 17.3. The van der Waals surface area contributed by atoms with Crippen molar-refractivity contribution in [3.8, 4) is 0 Å². The van der Waals surface area contributed by atoms with Crippen LogP contribution in [0.1, 0.15) is 8.35 Å². The number of nitrogen functional groups attached to an aromatic ring is 4. The van der Waals surface area contributed by atoms with E-state index in [1.807, 2.05) is 0 Å². The van der Waals surface area contributed by atoms with Gasteiger partial charge in [0.15, 0.2) is 21.1 Å². The van der Waals surface area contributed by atoms with Crippen molar-refractivity contribution in [3.05, 3.63) is 103 Å². The average molecular weight is 1230 g/mol. The number of H-pyrrole nitrogens is 1. The number of carbonyl (C=O) groups is 3. The molecule has 382 valence electrons. The molecule has 0 amide bonds. The largest absolute Gasteiger partial charge is 1.00 e. The summed E-state index contributed by atoms with van der Waals surface area (Å²) in [6.07, 6.45) is 13.0. The number of halogens is 8. The molecule has 0 fully saturated rings. The van der Waals surface area contributed by atoms with E-state index in [4.69, 9.17) is 126 Å². The summed E-state index contributed by atoms with van der Waals surface area (Å²) in [5.74, 6) is -0.803. The van der Waals surface area contributed by atoms with E-state index >= 15 is 0 Å². The van der Waals surface area contributed by atoms with Gasteiger partial charge in [0.2, 0.25) is 11.4 Å². The fourth-order valence-electron chi connectivity index (χ4n) is 3.20. The molecule has 0 aliphatic carbocycles. The second-order valence-electron chi connectivity index (χ2n) is 10.7. The molecule has 32 nitrogen and oxygen atoms in total. The van der Waals surface area contributed by atoms with E-state index in [-0.39, 0.29) is 155 Å². The molecule has 7 heterocycles. The summed E-state index contributed by atoms with van der Waals surface area (Å²) in [5, 5.41) is 60.4. The molecular formula is C31H31Cl8K2N23O9. The van der Waals surface area contributed by atoms with E-state index < -0.39 is 16.6 Å². The quantitative estimate of drug-likeness (QED) is 0.0111. The summed E-state index contributed by atoms with van der Waals surface area (Å²) in [4.78, 5) is 66.6. The Labute approximate surface area is 535 Å². The van der Waals surface area contributed by atoms with Crippen LogP contribution in [0.15, 0.2) is 66.6 Å². The average Bonchev–Trinajstić information content (AvgIpc) is 3.38. The van der Waals surface area contributed by atoms with Crippen LogP contribution in [0.4, 0.5) is 51.2 Å². The summed E-state index contributed by atoms with van der Waals surface area (Å²) in [6, 6.07) is 1.44. The summed E-state index contributed by atoms with van der Waals surface area (Å²) < 4.78 is 4.18. The molecular weight excluding hydrogens is 1200 g/mol. The van der Waals surface area contributed by atoms with Gasteiger partial charge < -0.3 is 44.2 Å². The van der Waals surface area contributed by atoms with E-state index in [0.29, 0.717) is 50.8 Å². The van der Waals surface area contributed by atoms with Crippen LogP contribution in [0.2, 0.25) is 20.6 Å². The number of nitrogens with two attached hydrogens (primary N) is 4. The van der Waals surface area contributed by atoms with Crippen molar-refractivity contribution in [1.82, 2.24) is 71.2 Å². The Hall–Kier alpha value is -4.42. The van der Waals surface area contributed by atoms with Gasteiger partial charge in [0.1, 0.15) is 5.52 Å². The molecule has 7 aromatic rings. The monoisotopic (exact) mass is 1230 g/mol. The molecule has 7 rings (SSSR count). The van der Waals surface area contributed by atoms with Crippen molar-refractivity contribution in [2.24, 2.45) is 0 Å². The standard InChI is InChI=1S/C6H4N4O.C4H2Cl2N4O2.2C4H4Cl2N4.C4H3Cl2N3.C4H6N4.C4H6O3.CH2O3.2K.H/c11-6-3-7-4-1-8-9-2-5(4)10-6;5-3-1(7)2(10(11)12)4(6)9-8-3;2*5-9-3-1-7-8-2-4(3)10-6;5-3-1-2(7)4(6)9-8-3;5-3-1-7-8-2-4(3)6;1-2-7-4(6)3-5;2-1-4-3;;;/h1-3H,(H,10,11);(H2,7,9);2*1-2H,(H,7,10)(H,8,9);1H,(H2,7,8);1-2H,(H2,6,7)(H2,5,8);3H,2H2,1H3;1,3H;;;/q;;;;;;;;2*+1;-1/p-1. The van der Waals surface area contributed by atoms with Gasteiger partial charge in [-0.2, -0.15) is 40.8 Å². The minimum atomic E-state index is -0.803. The molecule has 0 radical (unpaired) electrons. The van der Waals surface area contributed by atoms with E-state index in [1.54, 1.807) is 6.92 Å². The van der Waals surface area contributed by atoms with Gasteiger partial charge in [0.25, 0.3) is 12.0 Å². The van der Waals surface area contributed by atoms with Gasteiger partial charge in [0, 0.05) is 53.2 Å². The van der Waals surface area contributed by atoms with Gasteiger partial charge in [0.05, 0.1) is 113 Å². The van der Waals surface area contributed by atoms with E-state index in [0.717, 1.165) is 0 Å². The third kappa shape index (κ3) is 31.2. The summed E-state index contributed by atoms with van der Waals surface area (Å²) in [6.45, 7) is 1.72. The van der Waals surface area contributed by atoms with Crippen LogP contribution in [-0.4, -0.2) is 101 Å². The first-order chi connectivity index (χ1) is 33.9. The summed E-state index contributed by atoms with van der Waals surface area (Å²) >= 11 is 42.7. The number of fused-ring (bicyclic) bond motifs is 1. The van der Waals surface area contributed by atoms with Crippen LogP contribution < -0.4 is 156 Å². The normalized spacial score (nSPS) is 8.79. The molecule has 7 aromatic heterocycles. The predicted molar refractivity (Wildman–Crippen MR) is 261 cm³/mol. The first kappa shape index (κ1) is 72.8. The number of ether oxygens (including phenoxy) is 1. The van der Waals surface area contributed by atoms with Crippen LogP contribution in [0.25, 0.3) is 11.0 Å². The zero-order chi connectivity index (χ0) is 53.7. The minimum Gasteiger partial charge on any atom is -1.00 e. The van der Waals surface area contributed by atoms with Gasteiger partial charge in [-0.3, -0.25) is 43.8 Å². The Kier molecular flexibility index (Phi) is 43.8. The van der Waals surface area contributed by atoms with E-state index in [1.165, 1.54) is 61.8 Å². The maximum atomic E-state index is 10.7. The molecule has 42 heteroatoms. The first-order valence-corrected chi connectivity index (χ1v) is 20.4. The van der Waals surface area contributed by atoms with Crippen LogP contribution in [0, 0.1) is 10.1 Å². The molecule has 13 N–H and O–H groups in total. The zero-order valence-electron chi connectivity index (χ0n) is 37.9. The number of anilines is 8. The number of hydrogen-bond acceptors (Lipinski definition) is 30. The van der Waals surface area contributed by atoms with Crippen molar-refractivity contribution in [1.29, 1.82) is 0 Å². The number of nitrogens with zero attached hydrogens (tertiary/aromatic N) is 14. The van der Waals surface area contributed by atoms with Crippen molar-refractivity contribution < 1.29 is 138 Å². The number of esters is 1. The third-order valence-corrected chi connectivity index (χ3v) is 8.03. The molecule has 0 saturated heterocycles. The molecule has 0 atom stereocenters. The Morgan fingerprint density at radius 2 is 1.10 bits per heavy atom. The van der Waals surface area contributed by atoms with Crippen molar-refractivity contribution in [2.45, 2.75) is 6.92 Å². The van der Waals surface area contributed by atoms with Crippen LogP contribution in [0.5, 0.6) is 0 Å². The molecule has 73 heavy (non-hydrogen) atoms. The zero-order valence-corrected chi connectivity index (χ0v) is 49.2. The van der Waals surface area contributed by atoms with Gasteiger partial charge in [-0.25, -0.2) is 9.78 Å². The number of aldehydes is 1. The Morgan fingerprint density at radius 3 is 1.44 bits per heavy atom. The Morgan fingerprint density at radius 1 is 0.685 bits per heavy atom. The maximum Gasteiger partial charge on any atom is 1.00 e. The van der Waals surface area contributed by atoms with Gasteiger partial charge >= 0.3 is 114 Å². The molecule has 0 unspecified atom stereocenters. The number of nitrogens with one attached hydrogen (secondary N) is 5. The molecule has 0 saturated carbocycles. The molecule has 0 aliphatic rings. The molecule has 0 aliphatic heterocycles. The number of rotatable bonds is 8. The Balaban J connectivity index is -0.000000381. The third-order valence-electron chi connectivity index (χ3n) is 6.20. The summed E-state index contributed by atoms with van der Waals surface area (Å²) in [5.41, 5.74) is 25.0. The second kappa shape index (κ2) is 43.9. The SMILES string of the molecule is CCOC(=O)C=O.ClNc1cnncc1NCl.ClNc1cnncc1NCl.Nc1c(Cl)nnc(Cl)c1[N+](=O)[O-].Nc1cc(Cl)nnc1Cl.Nc1cnncc1N.O=CO[O-].O=c1cnc2cnncc2[nH]1.[H-].[K+].[K+]. The van der Waals surface area contributed by atoms with Crippen molar-refractivity contribution >= 4 is 174 Å². The molecule has 0 spiro atoms. The fourth-order valence-corrected chi connectivity index (χ4v) is 4.39. The summed E-state index contributed by atoms with van der Waals surface area (Å²) in [7, 11) is 0. The number of nitro groups is 1.